The number of para-hydroxylation sites is 1. The summed E-state index contributed by atoms with van der Waals surface area (Å²) in [4.78, 5) is 7.17. The van der Waals surface area contributed by atoms with Crippen molar-refractivity contribution in [3.05, 3.63) is 138 Å². The lowest BCUT2D eigenvalue weighted by atomic mass is 9.97. The predicted octanol–water partition coefficient (Wildman–Crippen LogP) is 6.89. The van der Waals surface area contributed by atoms with Crippen molar-refractivity contribution in [2.75, 3.05) is 26.4 Å². The number of nitrogens with two attached hydrogens (primary N) is 1. The van der Waals surface area contributed by atoms with Crippen molar-refractivity contribution < 1.29 is 32.8 Å². The summed E-state index contributed by atoms with van der Waals surface area (Å²) in [5, 5.41) is 1.16. The SMILES string of the molecule is NCCCCCOC[C@H]1O[C@@H](OCCc2c[nH]c3ccccc23)[C@H](OCc2ccccc2)[C@@H](OCc2ccccc2)[C@@H]1OCc1ccc(F)nc1. The van der Waals surface area contributed by atoms with Crippen LogP contribution in [0.3, 0.4) is 0 Å². The maximum Gasteiger partial charge on any atom is 0.212 e. The molecule has 5 atom stereocenters. The highest BCUT2D eigenvalue weighted by Gasteiger charge is 2.49. The van der Waals surface area contributed by atoms with E-state index in [9.17, 15) is 4.39 Å². The average molecular weight is 698 g/mol. The van der Waals surface area contributed by atoms with Gasteiger partial charge in [0, 0.05) is 29.9 Å². The molecule has 2 aromatic heterocycles. The van der Waals surface area contributed by atoms with E-state index < -0.39 is 36.7 Å². The van der Waals surface area contributed by atoms with Crippen molar-refractivity contribution in [1.82, 2.24) is 9.97 Å². The van der Waals surface area contributed by atoms with E-state index in [1.165, 1.54) is 12.3 Å². The van der Waals surface area contributed by atoms with E-state index in [1.54, 1.807) is 6.07 Å². The summed E-state index contributed by atoms with van der Waals surface area (Å²) in [5.74, 6) is -0.549. The second kappa shape index (κ2) is 19.6. The minimum atomic E-state index is -0.780. The van der Waals surface area contributed by atoms with Gasteiger partial charge < -0.3 is 39.1 Å². The zero-order valence-corrected chi connectivity index (χ0v) is 28.9. The molecule has 0 aliphatic carbocycles. The molecule has 6 rings (SSSR count). The first-order chi connectivity index (χ1) is 25.2. The molecular weight excluding hydrogens is 649 g/mol. The molecule has 3 heterocycles. The molecule has 3 N–H and O–H groups in total. The number of halogens is 1. The molecule has 0 spiro atoms. The van der Waals surface area contributed by atoms with Gasteiger partial charge >= 0.3 is 0 Å². The minimum absolute atomic E-state index is 0.164. The Morgan fingerprint density at radius 1 is 0.686 bits per heavy atom. The van der Waals surface area contributed by atoms with Gasteiger partial charge in [0.2, 0.25) is 5.95 Å². The van der Waals surface area contributed by atoms with Crippen LogP contribution in [0.5, 0.6) is 0 Å². The Kier molecular flexibility index (Phi) is 14.1. The summed E-state index contributed by atoms with van der Waals surface area (Å²) in [6, 6.07) is 31.2. The van der Waals surface area contributed by atoms with Crippen molar-refractivity contribution >= 4 is 10.9 Å². The van der Waals surface area contributed by atoms with Crippen LogP contribution >= 0.6 is 0 Å². The van der Waals surface area contributed by atoms with Crippen molar-refractivity contribution in [2.45, 2.75) is 76.2 Å². The van der Waals surface area contributed by atoms with Crippen molar-refractivity contribution in [1.29, 1.82) is 0 Å². The Morgan fingerprint density at radius 2 is 1.37 bits per heavy atom. The van der Waals surface area contributed by atoms with Crippen molar-refractivity contribution in [2.24, 2.45) is 5.73 Å². The van der Waals surface area contributed by atoms with Crippen LogP contribution in [-0.4, -0.2) is 67.0 Å². The molecule has 0 amide bonds. The normalized spacial score (nSPS) is 20.5. The van der Waals surface area contributed by atoms with E-state index in [2.05, 4.69) is 22.1 Å². The number of H-pyrrole nitrogens is 1. The number of fused-ring (bicyclic) bond motifs is 1. The molecule has 1 fully saturated rings. The van der Waals surface area contributed by atoms with Crippen LogP contribution in [0, 0.1) is 5.95 Å². The van der Waals surface area contributed by atoms with E-state index in [-0.39, 0.29) is 13.2 Å². The number of pyridine rings is 1. The van der Waals surface area contributed by atoms with E-state index in [0.717, 1.165) is 52.4 Å². The fourth-order valence-corrected chi connectivity index (χ4v) is 6.28. The Bertz CT molecular complexity index is 1710. The Labute approximate surface area is 299 Å². The largest absolute Gasteiger partial charge is 0.379 e. The highest BCUT2D eigenvalue weighted by atomic mass is 19.1. The molecule has 0 saturated carbocycles. The second-order valence-electron chi connectivity index (χ2n) is 12.7. The van der Waals surface area contributed by atoms with Crippen LogP contribution < -0.4 is 5.73 Å². The lowest BCUT2D eigenvalue weighted by molar-refractivity contribution is -0.328. The van der Waals surface area contributed by atoms with Gasteiger partial charge in [-0.2, -0.15) is 4.39 Å². The Balaban J connectivity index is 1.26. The summed E-state index contributed by atoms with van der Waals surface area (Å²) >= 11 is 0. The number of hydrogen-bond acceptors (Lipinski definition) is 8. The topological polar surface area (TPSA) is 110 Å². The van der Waals surface area contributed by atoms with Crippen molar-refractivity contribution in [3.8, 4) is 0 Å². The number of nitrogens with one attached hydrogen (secondary N) is 1. The van der Waals surface area contributed by atoms with Gasteiger partial charge in [-0.15, -0.1) is 0 Å². The fraction of sp³-hybridized carbons (Fsp3) is 0.390. The quantitative estimate of drug-likeness (QED) is 0.0669. The number of benzene rings is 3. The first-order valence-corrected chi connectivity index (χ1v) is 17.8. The second-order valence-corrected chi connectivity index (χ2v) is 12.7. The molecule has 0 unspecified atom stereocenters. The first-order valence-electron chi connectivity index (χ1n) is 17.8. The highest BCUT2D eigenvalue weighted by molar-refractivity contribution is 5.83. The van der Waals surface area contributed by atoms with Gasteiger partial charge in [0.05, 0.1) is 33.0 Å². The van der Waals surface area contributed by atoms with Crippen LogP contribution in [0.2, 0.25) is 0 Å². The van der Waals surface area contributed by atoms with E-state index in [4.69, 9.17) is 34.2 Å². The molecule has 1 aliphatic heterocycles. The molecular formula is C41H48FN3O6. The minimum Gasteiger partial charge on any atom is -0.379 e. The third kappa shape index (κ3) is 10.8. The van der Waals surface area contributed by atoms with Crippen LogP contribution in [0.1, 0.15) is 41.5 Å². The van der Waals surface area contributed by atoms with E-state index in [0.29, 0.717) is 39.4 Å². The van der Waals surface area contributed by atoms with Gasteiger partial charge in [0.25, 0.3) is 0 Å². The molecule has 1 aliphatic rings. The third-order valence-corrected chi connectivity index (χ3v) is 9.00. The summed E-state index contributed by atoms with van der Waals surface area (Å²) in [6.07, 6.45) is 3.78. The molecule has 3 aromatic carbocycles. The standard InChI is InChI=1S/C41H48FN3O6/c42-37-19-18-32(24-45-37)28-48-38-36(29-46-22-11-3-10-21-43)51-41(47-23-20-33-25-44-35-17-9-8-16-34(33)35)40(50-27-31-14-6-2-7-15-31)39(38)49-26-30-12-4-1-5-13-30/h1-2,4-9,12-19,24-25,36,38-41,44H,3,10-11,20-23,26-29,43H2/t36-,38-,39+,40-,41-/m1/s1. The smallest absolute Gasteiger partial charge is 0.212 e. The summed E-state index contributed by atoms with van der Waals surface area (Å²) in [6.45, 7) is 2.67. The number of unbranched alkanes of at least 4 members (excludes halogenated alkanes) is 2. The fourth-order valence-electron chi connectivity index (χ4n) is 6.28. The number of ether oxygens (including phenoxy) is 6. The van der Waals surface area contributed by atoms with Crippen LogP contribution in [-0.2, 0) is 54.7 Å². The maximum absolute atomic E-state index is 13.7. The number of nitrogens with zero attached hydrogens (tertiary/aromatic N) is 1. The molecule has 1 saturated heterocycles. The summed E-state index contributed by atoms with van der Waals surface area (Å²) < 4.78 is 53.2. The maximum atomic E-state index is 13.7. The summed E-state index contributed by atoms with van der Waals surface area (Å²) in [5.41, 5.74) is 10.7. The monoisotopic (exact) mass is 697 g/mol. The lowest BCUT2D eigenvalue weighted by Crippen LogP contribution is -2.61. The lowest BCUT2D eigenvalue weighted by Gasteiger charge is -2.46. The number of aromatic amines is 1. The number of hydrogen-bond donors (Lipinski definition) is 2. The zero-order chi connectivity index (χ0) is 35.1. The highest BCUT2D eigenvalue weighted by Crippen LogP contribution is 2.32. The molecule has 5 aromatic rings. The molecule has 0 radical (unpaired) electrons. The average Bonchev–Trinajstić information content (AvgIpc) is 3.58. The van der Waals surface area contributed by atoms with Crippen molar-refractivity contribution in [3.63, 3.8) is 0 Å². The zero-order valence-electron chi connectivity index (χ0n) is 28.9. The van der Waals surface area contributed by atoms with Gasteiger partial charge in [0.15, 0.2) is 6.29 Å². The molecule has 0 bridgehead atoms. The van der Waals surface area contributed by atoms with Crippen LogP contribution in [0.25, 0.3) is 10.9 Å². The summed E-state index contributed by atoms with van der Waals surface area (Å²) in [7, 11) is 0. The van der Waals surface area contributed by atoms with E-state index in [1.807, 2.05) is 79.0 Å². The van der Waals surface area contributed by atoms with Crippen LogP contribution in [0.15, 0.2) is 109 Å². The first kappa shape index (κ1) is 36.8. The number of aromatic nitrogens is 2. The van der Waals surface area contributed by atoms with Crippen LogP contribution in [0.4, 0.5) is 4.39 Å². The van der Waals surface area contributed by atoms with Gasteiger partial charge in [-0.3, -0.25) is 0 Å². The Hall–Kier alpha value is -4.00. The predicted molar refractivity (Wildman–Crippen MR) is 193 cm³/mol. The van der Waals surface area contributed by atoms with Gasteiger partial charge in [-0.25, -0.2) is 4.98 Å². The van der Waals surface area contributed by atoms with E-state index >= 15 is 0 Å². The number of rotatable bonds is 20. The molecule has 270 valence electrons. The third-order valence-electron chi connectivity index (χ3n) is 9.00. The Morgan fingerprint density at radius 3 is 2.10 bits per heavy atom. The molecule has 51 heavy (non-hydrogen) atoms. The van der Waals surface area contributed by atoms with Gasteiger partial charge in [-0.1, -0.05) is 84.9 Å². The molecule has 9 nitrogen and oxygen atoms in total. The molecule has 10 heteroatoms. The van der Waals surface area contributed by atoms with Gasteiger partial charge in [0.1, 0.15) is 24.4 Å². The van der Waals surface area contributed by atoms with Gasteiger partial charge in [-0.05, 0) is 66.6 Å².